The van der Waals surface area contributed by atoms with E-state index < -0.39 is 10.0 Å². The van der Waals surface area contributed by atoms with Gasteiger partial charge in [-0.15, -0.1) is 0 Å². The third kappa shape index (κ3) is 3.60. The Bertz CT molecular complexity index is 953. The van der Waals surface area contributed by atoms with Crippen LogP contribution in [0.15, 0.2) is 53.1 Å². The lowest BCUT2D eigenvalue weighted by Crippen LogP contribution is -2.14. The van der Waals surface area contributed by atoms with Gasteiger partial charge in [-0.3, -0.25) is 4.72 Å². The van der Waals surface area contributed by atoms with Crippen molar-refractivity contribution in [3.8, 4) is 22.8 Å². The average Bonchev–Trinajstić information content (AvgIpc) is 3.05. The van der Waals surface area contributed by atoms with E-state index in [0.717, 1.165) is 0 Å². The van der Waals surface area contributed by atoms with Crippen LogP contribution in [-0.4, -0.2) is 24.3 Å². The smallest absolute Gasteiger partial charge is 0.258 e. The molecule has 3 aromatic rings. The quantitative estimate of drug-likeness (QED) is 0.765. The number of nitrogens with one attached hydrogen (secondary N) is 1. The van der Waals surface area contributed by atoms with E-state index in [1.807, 2.05) is 0 Å². The topological polar surface area (TPSA) is 85.1 Å². The summed E-state index contributed by atoms with van der Waals surface area (Å²) in [6.07, 6.45) is 0. The summed E-state index contributed by atoms with van der Waals surface area (Å²) in [4.78, 5) is 4.23. The van der Waals surface area contributed by atoms with E-state index in [9.17, 15) is 12.8 Å². The maximum Gasteiger partial charge on any atom is 0.258 e. The third-order valence-electron chi connectivity index (χ3n) is 3.29. The zero-order valence-corrected chi connectivity index (χ0v) is 13.5. The molecule has 0 saturated carbocycles. The normalized spacial score (nSPS) is 11.4. The number of hydrogen-bond donors (Lipinski definition) is 1. The molecule has 0 spiro atoms. The Morgan fingerprint density at radius 2 is 1.88 bits per heavy atom. The van der Waals surface area contributed by atoms with Gasteiger partial charge in [0.15, 0.2) is 0 Å². The predicted octanol–water partition coefficient (Wildman–Crippen LogP) is 3.30. The zero-order valence-electron chi connectivity index (χ0n) is 12.7. The van der Waals surface area contributed by atoms with E-state index in [-0.39, 0.29) is 17.5 Å². The number of halogens is 1. The molecular weight excluding hydrogens is 333 g/mol. The van der Waals surface area contributed by atoms with Crippen molar-refractivity contribution in [3.63, 3.8) is 0 Å². The first-order chi connectivity index (χ1) is 11.5. The van der Waals surface area contributed by atoms with Crippen LogP contribution in [0.25, 0.3) is 22.8 Å². The van der Waals surface area contributed by atoms with Crippen LogP contribution in [-0.2, 0) is 10.0 Å². The summed E-state index contributed by atoms with van der Waals surface area (Å²) in [6.45, 7) is 1.56. The van der Waals surface area contributed by atoms with Crippen LogP contribution in [0.1, 0.15) is 6.92 Å². The third-order valence-corrected chi connectivity index (χ3v) is 4.60. The molecule has 0 fully saturated rings. The van der Waals surface area contributed by atoms with Crippen molar-refractivity contribution >= 4 is 15.7 Å². The van der Waals surface area contributed by atoms with Gasteiger partial charge in [0.05, 0.1) is 5.75 Å². The SMILES string of the molecule is CCS(=O)(=O)Nc1ccc(-c2noc(-c3cccc(F)c3)n2)cc1. The highest BCUT2D eigenvalue weighted by Gasteiger charge is 2.12. The standard InChI is InChI=1S/C16H14FN3O3S/c1-2-24(21,22)20-14-8-6-11(7-9-14)15-18-16(23-19-15)12-4-3-5-13(17)10-12/h3-10,20H,2H2,1H3. The number of anilines is 1. The number of aromatic nitrogens is 2. The second kappa shape index (κ2) is 6.40. The van der Waals surface area contributed by atoms with Gasteiger partial charge in [0, 0.05) is 16.8 Å². The molecule has 8 heteroatoms. The van der Waals surface area contributed by atoms with Gasteiger partial charge in [0.1, 0.15) is 5.82 Å². The Hall–Kier alpha value is -2.74. The lowest BCUT2D eigenvalue weighted by atomic mass is 10.2. The summed E-state index contributed by atoms with van der Waals surface area (Å²) >= 11 is 0. The van der Waals surface area contributed by atoms with Crippen LogP contribution >= 0.6 is 0 Å². The molecule has 0 aliphatic carbocycles. The highest BCUT2D eigenvalue weighted by molar-refractivity contribution is 7.92. The molecule has 0 aliphatic rings. The highest BCUT2D eigenvalue weighted by atomic mass is 32.2. The van der Waals surface area contributed by atoms with E-state index >= 15 is 0 Å². The molecule has 3 rings (SSSR count). The average molecular weight is 347 g/mol. The van der Waals surface area contributed by atoms with Crippen molar-refractivity contribution in [3.05, 3.63) is 54.3 Å². The molecule has 2 aromatic carbocycles. The largest absolute Gasteiger partial charge is 0.334 e. The lowest BCUT2D eigenvalue weighted by Gasteiger charge is -2.05. The molecule has 0 atom stereocenters. The zero-order chi connectivity index (χ0) is 17.2. The van der Waals surface area contributed by atoms with Crippen molar-refractivity contribution < 1.29 is 17.3 Å². The van der Waals surface area contributed by atoms with Crippen LogP contribution < -0.4 is 4.72 Å². The Labute approximate surface area is 138 Å². The molecule has 124 valence electrons. The van der Waals surface area contributed by atoms with Gasteiger partial charge in [0.25, 0.3) is 5.89 Å². The predicted molar refractivity (Wildman–Crippen MR) is 88.2 cm³/mol. The van der Waals surface area contributed by atoms with Gasteiger partial charge in [-0.1, -0.05) is 11.2 Å². The van der Waals surface area contributed by atoms with Crippen LogP contribution in [0.4, 0.5) is 10.1 Å². The van der Waals surface area contributed by atoms with Crippen molar-refractivity contribution in [2.75, 3.05) is 10.5 Å². The minimum absolute atomic E-state index is 0.00338. The van der Waals surface area contributed by atoms with Crippen molar-refractivity contribution in [1.29, 1.82) is 0 Å². The summed E-state index contributed by atoms with van der Waals surface area (Å²) in [5.41, 5.74) is 1.59. The number of hydrogen-bond acceptors (Lipinski definition) is 5. The summed E-state index contributed by atoms with van der Waals surface area (Å²) in [6, 6.07) is 12.4. The molecule has 0 saturated heterocycles. The number of benzene rings is 2. The Morgan fingerprint density at radius 1 is 1.12 bits per heavy atom. The summed E-state index contributed by atoms with van der Waals surface area (Å²) in [5, 5.41) is 3.87. The minimum atomic E-state index is -3.32. The van der Waals surface area contributed by atoms with Crippen LogP contribution in [0.5, 0.6) is 0 Å². The van der Waals surface area contributed by atoms with Crippen molar-refractivity contribution in [1.82, 2.24) is 10.1 Å². The van der Waals surface area contributed by atoms with Gasteiger partial charge in [-0.2, -0.15) is 4.98 Å². The summed E-state index contributed by atoms with van der Waals surface area (Å²) in [7, 11) is -3.32. The maximum atomic E-state index is 13.2. The summed E-state index contributed by atoms with van der Waals surface area (Å²) in [5.74, 6) is 0.149. The molecule has 6 nitrogen and oxygen atoms in total. The van der Waals surface area contributed by atoms with Crippen LogP contribution in [0.3, 0.4) is 0 Å². The van der Waals surface area contributed by atoms with E-state index in [1.165, 1.54) is 12.1 Å². The molecule has 0 bridgehead atoms. The van der Waals surface area contributed by atoms with Crippen molar-refractivity contribution in [2.45, 2.75) is 6.92 Å². The molecule has 0 aliphatic heterocycles. The second-order valence-corrected chi connectivity index (χ2v) is 7.03. The summed E-state index contributed by atoms with van der Waals surface area (Å²) < 4.78 is 43.9. The maximum absolute atomic E-state index is 13.2. The van der Waals surface area contributed by atoms with E-state index in [0.29, 0.717) is 22.6 Å². The van der Waals surface area contributed by atoms with Gasteiger partial charge in [-0.05, 0) is 49.4 Å². The molecule has 0 unspecified atom stereocenters. The fourth-order valence-corrected chi connectivity index (χ4v) is 2.66. The van der Waals surface area contributed by atoms with Gasteiger partial charge in [0.2, 0.25) is 15.8 Å². The first-order valence-corrected chi connectivity index (χ1v) is 8.82. The van der Waals surface area contributed by atoms with E-state index in [2.05, 4.69) is 14.9 Å². The molecule has 1 aromatic heterocycles. The molecular formula is C16H14FN3O3S. The van der Waals surface area contributed by atoms with E-state index in [4.69, 9.17) is 4.52 Å². The fourth-order valence-electron chi connectivity index (χ4n) is 2.02. The molecule has 0 radical (unpaired) electrons. The van der Waals surface area contributed by atoms with Crippen molar-refractivity contribution in [2.24, 2.45) is 0 Å². The van der Waals surface area contributed by atoms with Crippen LogP contribution in [0, 0.1) is 5.82 Å². The molecule has 1 heterocycles. The number of rotatable bonds is 5. The molecule has 24 heavy (non-hydrogen) atoms. The van der Waals surface area contributed by atoms with Crippen LogP contribution in [0.2, 0.25) is 0 Å². The Balaban J connectivity index is 1.83. The van der Waals surface area contributed by atoms with Gasteiger partial charge in [-0.25, -0.2) is 12.8 Å². The van der Waals surface area contributed by atoms with Gasteiger partial charge >= 0.3 is 0 Å². The minimum Gasteiger partial charge on any atom is -0.334 e. The lowest BCUT2D eigenvalue weighted by molar-refractivity contribution is 0.432. The van der Waals surface area contributed by atoms with Gasteiger partial charge < -0.3 is 4.52 Å². The molecule has 1 N–H and O–H groups in total. The number of nitrogens with zero attached hydrogens (tertiary/aromatic N) is 2. The first kappa shape index (κ1) is 16.1. The Morgan fingerprint density at radius 3 is 2.54 bits per heavy atom. The fraction of sp³-hybridized carbons (Fsp3) is 0.125. The second-order valence-electron chi connectivity index (χ2n) is 5.02. The molecule has 0 amide bonds. The monoisotopic (exact) mass is 347 g/mol. The first-order valence-electron chi connectivity index (χ1n) is 7.17. The van der Waals surface area contributed by atoms with E-state index in [1.54, 1.807) is 43.3 Å². The highest BCUT2D eigenvalue weighted by Crippen LogP contribution is 2.24. The Kier molecular flexibility index (Phi) is 4.30. The number of sulfonamides is 1.